The van der Waals surface area contributed by atoms with Crippen LogP contribution < -0.4 is 0 Å². The van der Waals surface area contributed by atoms with Crippen molar-refractivity contribution in [3.05, 3.63) is 12.7 Å². The zero-order valence-corrected chi connectivity index (χ0v) is 7.42. The number of fused-ring (bicyclic) bond motifs is 2. The Hall–Kier alpha value is -0.260. The number of allylic oxidation sites excluding steroid dienone is 1. The average molecular weight is 150 g/mol. The van der Waals surface area contributed by atoms with Gasteiger partial charge in [-0.15, -0.1) is 6.58 Å². The summed E-state index contributed by atoms with van der Waals surface area (Å²) < 4.78 is 0. The van der Waals surface area contributed by atoms with Crippen molar-refractivity contribution < 1.29 is 0 Å². The Labute approximate surface area is 69.7 Å². The van der Waals surface area contributed by atoms with Crippen LogP contribution >= 0.6 is 0 Å². The van der Waals surface area contributed by atoms with Gasteiger partial charge >= 0.3 is 0 Å². The van der Waals surface area contributed by atoms with Crippen molar-refractivity contribution in [3.8, 4) is 0 Å². The predicted molar refractivity (Wildman–Crippen MR) is 48.3 cm³/mol. The lowest BCUT2D eigenvalue weighted by Crippen LogP contribution is -2.19. The lowest BCUT2D eigenvalue weighted by Gasteiger charge is -2.27. The Morgan fingerprint density at radius 1 is 1.36 bits per heavy atom. The maximum atomic E-state index is 3.96. The van der Waals surface area contributed by atoms with Crippen LogP contribution in [0.25, 0.3) is 0 Å². The molecule has 0 radical (unpaired) electrons. The highest BCUT2D eigenvalue weighted by molar-refractivity contribution is 5.02. The molecule has 2 aliphatic rings. The molecule has 62 valence electrons. The third-order valence-corrected chi connectivity index (χ3v) is 3.90. The van der Waals surface area contributed by atoms with E-state index in [2.05, 4.69) is 19.6 Å². The summed E-state index contributed by atoms with van der Waals surface area (Å²) in [6, 6.07) is 0. The first kappa shape index (κ1) is 7.39. The van der Waals surface area contributed by atoms with Crippen LogP contribution in [-0.2, 0) is 0 Å². The highest BCUT2D eigenvalue weighted by atomic mass is 14.5. The maximum Gasteiger partial charge on any atom is -0.0177 e. The van der Waals surface area contributed by atoms with Crippen molar-refractivity contribution in [3.63, 3.8) is 0 Å². The van der Waals surface area contributed by atoms with Gasteiger partial charge < -0.3 is 0 Å². The minimum Gasteiger partial charge on any atom is -0.103 e. The van der Waals surface area contributed by atoms with Crippen molar-refractivity contribution in [2.45, 2.75) is 32.6 Å². The first-order valence-electron chi connectivity index (χ1n) is 4.99. The van der Waals surface area contributed by atoms with Crippen LogP contribution in [0.15, 0.2) is 12.7 Å². The Balaban J connectivity index is 2.13. The third kappa shape index (κ3) is 0.953. The summed E-state index contributed by atoms with van der Waals surface area (Å²) in [6.07, 6.45) is 8.09. The SMILES string of the molecule is C=C[C@H]1[C@@H]2CC[C@@H](C2)[C@H]1CC. The minimum atomic E-state index is 0.874. The summed E-state index contributed by atoms with van der Waals surface area (Å²) in [7, 11) is 0. The molecule has 0 amide bonds. The second kappa shape index (κ2) is 2.66. The van der Waals surface area contributed by atoms with E-state index in [1.807, 2.05) is 0 Å². The molecular weight excluding hydrogens is 132 g/mol. The molecule has 2 rings (SSSR count). The Morgan fingerprint density at radius 2 is 2.09 bits per heavy atom. The van der Waals surface area contributed by atoms with Crippen molar-refractivity contribution in [1.29, 1.82) is 0 Å². The fourth-order valence-corrected chi connectivity index (χ4v) is 3.43. The maximum absolute atomic E-state index is 3.96. The summed E-state index contributed by atoms with van der Waals surface area (Å²) >= 11 is 0. The monoisotopic (exact) mass is 150 g/mol. The number of rotatable bonds is 2. The van der Waals surface area contributed by atoms with E-state index in [1.54, 1.807) is 0 Å². The molecule has 0 aliphatic heterocycles. The van der Waals surface area contributed by atoms with Gasteiger partial charge in [0.25, 0.3) is 0 Å². The molecular formula is C11H18. The standard InChI is InChI=1S/C11H18/c1-3-10-8-5-6-9(7-8)11(10)4-2/h3,8-11H,1,4-7H2,2H3/t8-,9+,10+,11-/m1/s1. The molecule has 2 saturated carbocycles. The number of hydrogen-bond donors (Lipinski definition) is 0. The van der Waals surface area contributed by atoms with Crippen molar-refractivity contribution in [1.82, 2.24) is 0 Å². The molecule has 0 heteroatoms. The van der Waals surface area contributed by atoms with Crippen LogP contribution in [0.4, 0.5) is 0 Å². The smallest absolute Gasteiger partial charge is 0.0177 e. The van der Waals surface area contributed by atoms with E-state index in [1.165, 1.54) is 25.7 Å². The number of hydrogen-bond acceptors (Lipinski definition) is 0. The summed E-state index contributed by atoms with van der Waals surface area (Å²) in [5.74, 6) is 3.94. The van der Waals surface area contributed by atoms with Gasteiger partial charge in [0.2, 0.25) is 0 Å². The van der Waals surface area contributed by atoms with Gasteiger partial charge in [0.05, 0.1) is 0 Å². The van der Waals surface area contributed by atoms with E-state index in [0.29, 0.717) is 0 Å². The first-order valence-corrected chi connectivity index (χ1v) is 4.99. The average Bonchev–Trinajstić information content (AvgIpc) is 2.60. The lowest BCUT2D eigenvalue weighted by molar-refractivity contribution is 0.259. The van der Waals surface area contributed by atoms with E-state index in [0.717, 1.165) is 23.7 Å². The summed E-state index contributed by atoms with van der Waals surface area (Å²) in [5.41, 5.74) is 0. The molecule has 0 heterocycles. The zero-order valence-electron chi connectivity index (χ0n) is 7.42. The largest absolute Gasteiger partial charge is 0.103 e. The molecule has 4 atom stereocenters. The van der Waals surface area contributed by atoms with Gasteiger partial charge in [-0.1, -0.05) is 19.4 Å². The lowest BCUT2D eigenvalue weighted by atomic mass is 9.78. The van der Waals surface area contributed by atoms with Crippen molar-refractivity contribution in [2.75, 3.05) is 0 Å². The molecule has 2 fully saturated rings. The molecule has 2 aliphatic carbocycles. The van der Waals surface area contributed by atoms with Crippen molar-refractivity contribution in [2.24, 2.45) is 23.7 Å². The topological polar surface area (TPSA) is 0 Å². The van der Waals surface area contributed by atoms with Gasteiger partial charge in [-0.2, -0.15) is 0 Å². The molecule has 0 saturated heterocycles. The molecule has 0 aromatic carbocycles. The molecule has 2 bridgehead atoms. The molecule has 0 spiro atoms. The van der Waals surface area contributed by atoms with Crippen LogP contribution in [0.3, 0.4) is 0 Å². The molecule has 0 aromatic heterocycles. The third-order valence-electron chi connectivity index (χ3n) is 3.90. The van der Waals surface area contributed by atoms with Gasteiger partial charge in [0.15, 0.2) is 0 Å². The second-order valence-electron chi connectivity index (χ2n) is 4.22. The molecule has 0 aromatic rings. The van der Waals surface area contributed by atoms with Crippen LogP contribution in [0.1, 0.15) is 32.6 Å². The Bertz CT molecular complexity index is 159. The van der Waals surface area contributed by atoms with Crippen molar-refractivity contribution >= 4 is 0 Å². The molecule has 0 N–H and O–H groups in total. The predicted octanol–water partition coefficient (Wildman–Crippen LogP) is 3.24. The minimum absolute atomic E-state index is 0.874. The van der Waals surface area contributed by atoms with Crippen LogP contribution in [0.5, 0.6) is 0 Å². The fourth-order valence-electron chi connectivity index (χ4n) is 3.43. The van der Waals surface area contributed by atoms with E-state index >= 15 is 0 Å². The summed E-state index contributed by atoms with van der Waals surface area (Å²) in [5, 5.41) is 0. The van der Waals surface area contributed by atoms with Gasteiger partial charge in [0, 0.05) is 0 Å². The van der Waals surface area contributed by atoms with E-state index in [9.17, 15) is 0 Å². The Kier molecular flexibility index (Phi) is 1.78. The van der Waals surface area contributed by atoms with Gasteiger partial charge in [-0.25, -0.2) is 0 Å². The van der Waals surface area contributed by atoms with E-state index < -0.39 is 0 Å². The van der Waals surface area contributed by atoms with Gasteiger partial charge in [-0.3, -0.25) is 0 Å². The zero-order chi connectivity index (χ0) is 7.84. The molecule has 0 nitrogen and oxygen atoms in total. The highest BCUT2D eigenvalue weighted by Crippen LogP contribution is 2.53. The van der Waals surface area contributed by atoms with E-state index in [-0.39, 0.29) is 0 Å². The summed E-state index contributed by atoms with van der Waals surface area (Å²) in [4.78, 5) is 0. The molecule has 0 unspecified atom stereocenters. The van der Waals surface area contributed by atoms with Crippen LogP contribution in [0.2, 0.25) is 0 Å². The quantitative estimate of drug-likeness (QED) is 0.530. The first-order chi connectivity index (χ1) is 5.36. The normalized spacial score (nSPS) is 48.1. The fraction of sp³-hybridized carbons (Fsp3) is 0.818. The van der Waals surface area contributed by atoms with E-state index in [4.69, 9.17) is 0 Å². The van der Waals surface area contributed by atoms with Crippen LogP contribution in [0, 0.1) is 23.7 Å². The highest BCUT2D eigenvalue weighted by Gasteiger charge is 2.44. The Morgan fingerprint density at radius 3 is 2.64 bits per heavy atom. The summed E-state index contributed by atoms with van der Waals surface area (Å²) in [6.45, 7) is 6.29. The van der Waals surface area contributed by atoms with Gasteiger partial charge in [0.1, 0.15) is 0 Å². The second-order valence-corrected chi connectivity index (χ2v) is 4.22. The van der Waals surface area contributed by atoms with Crippen LogP contribution in [-0.4, -0.2) is 0 Å². The van der Waals surface area contributed by atoms with Gasteiger partial charge in [-0.05, 0) is 42.9 Å². The molecule has 11 heavy (non-hydrogen) atoms.